The number of anilines is 2. The molecule has 2 rings (SSSR count). The molecule has 0 saturated carbocycles. The molecule has 0 aliphatic rings. The van der Waals surface area contributed by atoms with Crippen molar-refractivity contribution in [3.8, 4) is 0 Å². The number of nitrogen functional groups attached to an aromatic ring is 1. The van der Waals surface area contributed by atoms with E-state index in [0.717, 1.165) is 5.56 Å². The molecular formula is C13H13ClFN3. The zero-order valence-corrected chi connectivity index (χ0v) is 10.7. The third-order valence-electron chi connectivity index (χ3n) is 2.51. The maximum absolute atomic E-state index is 13.1. The molecule has 0 saturated heterocycles. The molecule has 0 bridgehead atoms. The van der Waals surface area contributed by atoms with E-state index in [-0.39, 0.29) is 5.82 Å². The van der Waals surface area contributed by atoms with E-state index in [2.05, 4.69) is 4.98 Å². The molecule has 2 aromatic rings. The van der Waals surface area contributed by atoms with Crippen LogP contribution >= 0.6 is 11.6 Å². The first kappa shape index (κ1) is 12.6. The monoisotopic (exact) mass is 265 g/mol. The van der Waals surface area contributed by atoms with Crippen molar-refractivity contribution in [2.24, 2.45) is 0 Å². The van der Waals surface area contributed by atoms with E-state index in [1.54, 1.807) is 18.3 Å². The summed E-state index contributed by atoms with van der Waals surface area (Å²) in [6.07, 6.45) is 1.54. The van der Waals surface area contributed by atoms with Crippen molar-refractivity contribution in [2.75, 3.05) is 17.7 Å². The van der Waals surface area contributed by atoms with Crippen molar-refractivity contribution in [2.45, 2.75) is 6.54 Å². The van der Waals surface area contributed by atoms with E-state index in [0.29, 0.717) is 23.1 Å². The Bertz CT molecular complexity index is 560. The van der Waals surface area contributed by atoms with Gasteiger partial charge in [-0.1, -0.05) is 23.7 Å². The largest absolute Gasteiger partial charge is 0.397 e. The van der Waals surface area contributed by atoms with Gasteiger partial charge in [-0.15, -0.1) is 0 Å². The van der Waals surface area contributed by atoms with Crippen LogP contribution in [0, 0.1) is 5.82 Å². The van der Waals surface area contributed by atoms with Crippen LogP contribution in [0.1, 0.15) is 5.56 Å². The molecule has 3 nitrogen and oxygen atoms in total. The Morgan fingerprint density at radius 2 is 2.17 bits per heavy atom. The summed E-state index contributed by atoms with van der Waals surface area (Å²) in [5.41, 5.74) is 6.96. The van der Waals surface area contributed by atoms with E-state index in [1.807, 2.05) is 18.0 Å². The molecule has 1 aromatic heterocycles. The summed E-state index contributed by atoms with van der Waals surface area (Å²) in [6, 6.07) is 8.08. The fraction of sp³-hybridized carbons (Fsp3) is 0.154. The minimum absolute atomic E-state index is 0.253. The van der Waals surface area contributed by atoms with Gasteiger partial charge >= 0.3 is 0 Å². The Hall–Kier alpha value is -1.81. The van der Waals surface area contributed by atoms with Gasteiger partial charge in [0, 0.05) is 13.6 Å². The third-order valence-corrected chi connectivity index (χ3v) is 2.79. The number of pyridine rings is 1. The molecule has 5 heteroatoms. The predicted molar refractivity (Wildman–Crippen MR) is 72.2 cm³/mol. The van der Waals surface area contributed by atoms with Crippen molar-refractivity contribution in [1.82, 2.24) is 4.98 Å². The standard InChI is InChI=1S/C13H13ClFN3/c1-18(8-9-3-2-4-10(15)5-9)13-12(14)6-11(16)7-17-13/h2-7H,8,16H2,1H3. The molecule has 2 N–H and O–H groups in total. The van der Waals surface area contributed by atoms with Crippen LogP contribution in [0.2, 0.25) is 5.02 Å². The Balaban J connectivity index is 2.19. The topological polar surface area (TPSA) is 42.2 Å². The first-order valence-corrected chi connectivity index (χ1v) is 5.80. The molecule has 0 fully saturated rings. The highest BCUT2D eigenvalue weighted by Crippen LogP contribution is 2.25. The smallest absolute Gasteiger partial charge is 0.147 e. The van der Waals surface area contributed by atoms with E-state index in [9.17, 15) is 4.39 Å². The fourth-order valence-corrected chi connectivity index (χ4v) is 2.03. The number of rotatable bonds is 3. The average molecular weight is 266 g/mol. The highest BCUT2D eigenvalue weighted by atomic mass is 35.5. The lowest BCUT2D eigenvalue weighted by atomic mass is 10.2. The lowest BCUT2D eigenvalue weighted by Crippen LogP contribution is -2.18. The van der Waals surface area contributed by atoms with Crippen molar-refractivity contribution in [3.63, 3.8) is 0 Å². The number of nitrogens with zero attached hydrogens (tertiary/aromatic N) is 2. The summed E-state index contributed by atoms with van der Waals surface area (Å²) >= 11 is 6.06. The minimum Gasteiger partial charge on any atom is -0.397 e. The second kappa shape index (κ2) is 5.23. The summed E-state index contributed by atoms with van der Waals surface area (Å²) in [7, 11) is 1.84. The first-order chi connectivity index (χ1) is 8.56. The second-order valence-electron chi connectivity index (χ2n) is 4.06. The molecule has 1 aromatic carbocycles. The van der Waals surface area contributed by atoms with Gasteiger partial charge in [0.05, 0.1) is 16.9 Å². The van der Waals surface area contributed by atoms with Crippen LogP contribution in [0.4, 0.5) is 15.9 Å². The number of aromatic nitrogens is 1. The average Bonchev–Trinajstić information content (AvgIpc) is 2.28. The van der Waals surface area contributed by atoms with Gasteiger partial charge < -0.3 is 10.6 Å². The van der Waals surface area contributed by atoms with Gasteiger partial charge in [-0.25, -0.2) is 9.37 Å². The number of nitrogens with two attached hydrogens (primary N) is 1. The van der Waals surface area contributed by atoms with Crippen LogP contribution in [0.5, 0.6) is 0 Å². The van der Waals surface area contributed by atoms with Crippen LogP contribution in [-0.4, -0.2) is 12.0 Å². The van der Waals surface area contributed by atoms with Crippen LogP contribution < -0.4 is 10.6 Å². The van der Waals surface area contributed by atoms with Gasteiger partial charge in [0.15, 0.2) is 0 Å². The lowest BCUT2D eigenvalue weighted by molar-refractivity contribution is 0.625. The maximum Gasteiger partial charge on any atom is 0.147 e. The fourth-order valence-electron chi connectivity index (χ4n) is 1.71. The molecule has 0 radical (unpaired) electrons. The lowest BCUT2D eigenvalue weighted by Gasteiger charge is -2.19. The van der Waals surface area contributed by atoms with Gasteiger partial charge in [-0.2, -0.15) is 0 Å². The Morgan fingerprint density at radius 3 is 2.83 bits per heavy atom. The van der Waals surface area contributed by atoms with Crippen molar-refractivity contribution in [3.05, 3.63) is 52.9 Å². The van der Waals surface area contributed by atoms with Crippen LogP contribution in [0.3, 0.4) is 0 Å². The second-order valence-corrected chi connectivity index (χ2v) is 4.47. The number of hydrogen-bond donors (Lipinski definition) is 1. The summed E-state index contributed by atoms with van der Waals surface area (Å²) in [4.78, 5) is 6.02. The quantitative estimate of drug-likeness (QED) is 0.927. The van der Waals surface area contributed by atoms with Crippen LogP contribution in [0.15, 0.2) is 36.5 Å². The molecule has 0 atom stereocenters. The molecule has 0 aliphatic heterocycles. The molecule has 0 amide bonds. The first-order valence-electron chi connectivity index (χ1n) is 5.43. The van der Waals surface area contributed by atoms with Crippen molar-refractivity contribution in [1.29, 1.82) is 0 Å². The molecule has 94 valence electrons. The molecule has 1 heterocycles. The van der Waals surface area contributed by atoms with E-state index in [1.165, 1.54) is 12.1 Å². The molecule has 0 unspecified atom stereocenters. The van der Waals surface area contributed by atoms with Gasteiger partial charge in [-0.05, 0) is 23.8 Å². The summed E-state index contributed by atoms with van der Waals surface area (Å²) in [6.45, 7) is 0.522. The Kier molecular flexibility index (Phi) is 3.67. The summed E-state index contributed by atoms with van der Waals surface area (Å²) < 4.78 is 13.1. The van der Waals surface area contributed by atoms with Gasteiger partial charge in [-0.3, -0.25) is 0 Å². The number of halogens is 2. The maximum atomic E-state index is 13.1. The summed E-state index contributed by atoms with van der Waals surface area (Å²) in [5, 5.41) is 0.480. The Labute approximate surface area is 110 Å². The Morgan fingerprint density at radius 1 is 1.39 bits per heavy atom. The number of benzene rings is 1. The van der Waals surface area contributed by atoms with E-state index >= 15 is 0 Å². The van der Waals surface area contributed by atoms with E-state index in [4.69, 9.17) is 17.3 Å². The highest BCUT2D eigenvalue weighted by Gasteiger charge is 2.09. The minimum atomic E-state index is -0.253. The molecular weight excluding hydrogens is 253 g/mol. The van der Waals surface area contributed by atoms with Crippen LogP contribution in [0.25, 0.3) is 0 Å². The highest BCUT2D eigenvalue weighted by molar-refractivity contribution is 6.33. The van der Waals surface area contributed by atoms with E-state index < -0.39 is 0 Å². The van der Waals surface area contributed by atoms with Gasteiger partial charge in [0.2, 0.25) is 0 Å². The zero-order valence-electron chi connectivity index (χ0n) is 9.90. The van der Waals surface area contributed by atoms with Crippen molar-refractivity contribution < 1.29 is 4.39 Å². The number of hydrogen-bond acceptors (Lipinski definition) is 3. The van der Waals surface area contributed by atoms with Gasteiger partial charge in [0.1, 0.15) is 11.6 Å². The predicted octanol–water partition coefficient (Wildman–Crippen LogP) is 3.09. The normalized spacial score (nSPS) is 10.4. The van der Waals surface area contributed by atoms with Gasteiger partial charge in [0.25, 0.3) is 0 Å². The molecule has 0 spiro atoms. The van der Waals surface area contributed by atoms with Crippen LogP contribution in [-0.2, 0) is 6.54 Å². The molecule has 18 heavy (non-hydrogen) atoms. The molecule has 0 aliphatic carbocycles. The third kappa shape index (κ3) is 2.90. The zero-order chi connectivity index (χ0) is 13.1. The summed E-state index contributed by atoms with van der Waals surface area (Å²) in [5.74, 6) is 0.368. The SMILES string of the molecule is CN(Cc1cccc(F)c1)c1ncc(N)cc1Cl. The van der Waals surface area contributed by atoms with Crippen molar-refractivity contribution >= 4 is 23.1 Å².